The molecule has 0 aliphatic carbocycles. The predicted octanol–water partition coefficient (Wildman–Crippen LogP) is 4.02. The number of hydrogen-bond donors (Lipinski definition) is 2. The van der Waals surface area contributed by atoms with Crippen LogP contribution in [0.4, 0.5) is 4.79 Å². The van der Waals surface area contributed by atoms with E-state index >= 15 is 0 Å². The zero-order valence-corrected chi connectivity index (χ0v) is 26.4. The number of rotatable bonds is 9. The van der Waals surface area contributed by atoms with Gasteiger partial charge in [0.2, 0.25) is 18.2 Å². The van der Waals surface area contributed by atoms with Gasteiger partial charge in [0.05, 0.1) is 6.04 Å². The third kappa shape index (κ3) is 15.2. The first-order valence-electron chi connectivity index (χ1n) is 13.6. The summed E-state index contributed by atoms with van der Waals surface area (Å²) in [5.41, 5.74) is -0.0805. The monoisotopic (exact) mass is 564 g/mol. The Kier molecular flexibility index (Phi) is 18.2. The minimum Gasteiger partial charge on any atom is -0.444 e. The molecule has 1 rings (SSSR count). The number of aldehydes is 1. The smallest absolute Gasteiger partial charge is 0.410 e. The van der Waals surface area contributed by atoms with Crippen LogP contribution in [0.1, 0.15) is 75.7 Å². The lowest BCUT2D eigenvalue weighted by molar-refractivity contribution is -0.141. The fourth-order valence-electron chi connectivity index (χ4n) is 3.42. The van der Waals surface area contributed by atoms with Crippen molar-refractivity contribution in [2.45, 2.75) is 99.4 Å². The predicted molar refractivity (Wildman–Crippen MR) is 160 cm³/mol. The van der Waals surface area contributed by atoms with E-state index in [1.165, 1.54) is 17.5 Å². The van der Waals surface area contributed by atoms with Crippen LogP contribution in [0, 0.1) is 5.41 Å². The molecule has 3 atom stereocenters. The second-order valence-electron chi connectivity index (χ2n) is 11.2. The van der Waals surface area contributed by atoms with Gasteiger partial charge >= 0.3 is 6.09 Å². The molecule has 2 N–H and O–H groups in total. The van der Waals surface area contributed by atoms with Gasteiger partial charge in [0.25, 0.3) is 0 Å². The molecule has 0 aromatic carbocycles. The summed E-state index contributed by atoms with van der Waals surface area (Å²) in [4.78, 5) is 62.5. The molecule has 0 aromatic rings. The zero-order chi connectivity index (χ0) is 31.7. The van der Waals surface area contributed by atoms with E-state index in [2.05, 4.69) is 30.2 Å². The van der Waals surface area contributed by atoms with Gasteiger partial charge in [0.15, 0.2) is 0 Å². The third-order valence-electron chi connectivity index (χ3n) is 5.54. The Bertz CT molecular complexity index is 899. The molecular formula is C30H52N4O6. The molecule has 0 bridgehead atoms. The maximum Gasteiger partial charge on any atom is 0.410 e. The number of amides is 4. The minimum absolute atomic E-state index is 0.182. The van der Waals surface area contributed by atoms with Crippen LogP contribution in [0.2, 0.25) is 0 Å². The molecule has 3 unspecified atom stereocenters. The lowest BCUT2D eigenvalue weighted by atomic mass is 9.85. The Hall–Kier alpha value is -3.43. The summed E-state index contributed by atoms with van der Waals surface area (Å²) >= 11 is 0. The van der Waals surface area contributed by atoms with Gasteiger partial charge in [0.1, 0.15) is 24.5 Å². The number of likely N-dealkylation sites (tertiary alicyclic amines) is 1. The number of allylic oxidation sites excluding steroid dienone is 5. The molecule has 10 heteroatoms. The number of hydrogen-bond acceptors (Lipinski definition) is 6. The van der Waals surface area contributed by atoms with Gasteiger partial charge in [-0.25, -0.2) is 4.79 Å². The summed E-state index contributed by atoms with van der Waals surface area (Å²) in [6, 6.07) is -1.92. The average molecular weight is 565 g/mol. The van der Waals surface area contributed by atoms with Crippen molar-refractivity contribution in [3.05, 3.63) is 36.5 Å². The van der Waals surface area contributed by atoms with Crippen LogP contribution in [-0.2, 0) is 23.9 Å². The Labute approximate surface area is 241 Å². The van der Waals surface area contributed by atoms with Crippen molar-refractivity contribution in [1.82, 2.24) is 20.4 Å². The van der Waals surface area contributed by atoms with Crippen LogP contribution in [0.3, 0.4) is 0 Å². The van der Waals surface area contributed by atoms with Crippen molar-refractivity contribution >= 4 is 30.6 Å². The lowest BCUT2D eigenvalue weighted by Crippen LogP contribution is -2.57. The van der Waals surface area contributed by atoms with Gasteiger partial charge in [-0.2, -0.15) is 0 Å². The number of carbonyl (C=O) groups is 5. The van der Waals surface area contributed by atoms with E-state index in [-0.39, 0.29) is 19.1 Å². The molecule has 1 aliphatic heterocycles. The van der Waals surface area contributed by atoms with Crippen LogP contribution in [0.15, 0.2) is 36.5 Å². The van der Waals surface area contributed by atoms with Gasteiger partial charge in [-0.05, 0) is 46.5 Å². The molecule has 0 saturated carbocycles. The normalized spacial score (nSPS) is 17.8. The lowest BCUT2D eigenvalue weighted by Gasteiger charge is -2.35. The summed E-state index contributed by atoms with van der Waals surface area (Å²) < 4.78 is 5.22. The highest BCUT2D eigenvalue weighted by atomic mass is 16.6. The van der Waals surface area contributed by atoms with Crippen LogP contribution in [-0.4, -0.2) is 84.3 Å². The Morgan fingerprint density at radius 3 is 2.12 bits per heavy atom. The van der Waals surface area contributed by atoms with Gasteiger partial charge in [-0.1, -0.05) is 71.1 Å². The van der Waals surface area contributed by atoms with E-state index in [4.69, 9.17) is 4.74 Å². The molecule has 40 heavy (non-hydrogen) atoms. The van der Waals surface area contributed by atoms with Crippen molar-refractivity contribution in [2.24, 2.45) is 5.41 Å². The van der Waals surface area contributed by atoms with Gasteiger partial charge < -0.3 is 30.0 Å². The summed E-state index contributed by atoms with van der Waals surface area (Å²) in [6.07, 6.45) is 8.65. The van der Waals surface area contributed by atoms with E-state index in [1.54, 1.807) is 47.6 Å². The number of likely N-dealkylation sites (N-methyl/N-ethyl adjacent to an activating group) is 1. The van der Waals surface area contributed by atoms with Gasteiger partial charge in [-0.15, -0.1) is 0 Å². The number of nitrogens with zero attached hydrogens (tertiary/aromatic N) is 2. The summed E-state index contributed by atoms with van der Waals surface area (Å²) in [6.45, 7) is 22.1. The summed E-state index contributed by atoms with van der Waals surface area (Å²) in [7, 11) is 1.43. The molecule has 10 nitrogen and oxygen atoms in total. The standard InChI is InChI=1S/C20H34N4O6.C8H12.C2H6/c1-19(2,3)16(17(28)24-9-13(21-12-26)8-14(24)11-25)22-15(27)10-23(7)18(29)30-20(4,5)6;1-4-6-7-8(3)5-2;1-2/h11-14,16H,8-10H2,1-7H3,(H,21,26)(H,22,27);4-7H,1H2,2-3H3;1-2H3/b;7-6-,8-5-;. The SMILES string of the molecule is C=C/C=C\C(C)=C/C.CC.CN(CC(=O)NC(C(=O)N1CC(NC=O)CC1C=O)C(C)(C)C)C(=O)OC(C)(C)C. The molecule has 1 fully saturated rings. The highest BCUT2D eigenvalue weighted by Gasteiger charge is 2.42. The summed E-state index contributed by atoms with van der Waals surface area (Å²) in [5.74, 6) is -0.941. The first-order chi connectivity index (χ1) is 18.5. The Morgan fingerprint density at radius 2 is 1.70 bits per heavy atom. The Balaban J connectivity index is 0. The fourth-order valence-corrected chi connectivity index (χ4v) is 3.42. The van der Waals surface area contributed by atoms with Crippen molar-refractivity contribution in [3.63, 3.8) is 0 Å². The zero-order valence-electron chi connectivity index (χ0n) is 26.4. The largest absolute Gasteiger partial charge is 0.444 e. The maximum atomic E-state index is 13.2. The van der Waals surface area contributed by atoms with Crippen LogP contribution < -0.4 is 10.6 Å². The second kappa shape index (κ2) is 18.8. The minimum atomic E-state index is -0.922. The topological polar surface area (TPSA) is 125 Å². The van der Waals surface area contributed by atoms with E-state index in [0.717, 1.165) is 4.90 Å². The molecule has 4 amide bonds. The van der Waals surface area contributed by atoms with Gasteiger partial charge in [-0.3, -0.25) is 14.4 Å². The number of ether oxygens (including phenoxy) is 1. The third-order valence-corrected chi connectivity index (χ3v) is 5.54. The first kappa shape index (κ1) is 38.7. The summed E-state index contributed by atoms with van der Waals surface area (Å²) in [5, 5.41) is 5.28. The van der Waals surface area contributed by atoms with E-state index in [0.29, 0.717) is 19.1 Å². The number of carbonyl (C=O) groups excluding carboxylic acids is 5. The molecule has 0 spiro atoms. The maximum absolute atomic E-state index is 13.2. The second-order valence-corrected chi connectivity index (χ2v) is 11.2. The van der Waals surface area contributed by atoms with Crippen molar-refractivity contribution in [2.75, 3.05) is 20.1 Å². The van der Waals surface area contributed by atoms with Crippen molar-refractivity contribution in [1.29, 1.82) is 0 Å². The van der Waals surface area contributed by atoms with Gasteiger partial charge in [0, 0.05) is 19.6 Å². The van der Waals surface area contributed by atoms with E-state index in [9.17, 15) is 24.0 Å². The van der Waals surface area contributed by atoms with Crippen LogP contribution in [0.25, 0.3) is 0 Å². The molecule has 1 heterocycles. The quantitative estimate of drug-likeness (QED) is 0.322. The van der Waals surface area contributed by atoms with Crippen molar-refractivity contribution < 1.29 is 28.7 Å². The average Bonchev–Trinajstić information content (AvgIpc) is 3.28. The van der Waals surface area contributed by atoms with E-state index in [1.807, 2.05) is 32.9 Å². The first-order valence-corrected chi connectivity index (χ1v) is 13.6. The molecule has 228 valence electrons. The van der Waals surface area contributed by atoms with E-state index < -0.39 is 41.0 Å². The number of nitrogens with one attached hydrogen (secondary N) is 2. The van der Waals surface area contributed by atoms with Crippen molar-refractivity contribution in [3.8, 4) is 0 Å². The molecular weight excluding hydrogens is 512 g/mol. The molecule has 1 aliphatic rings. The van der Waals surface area contributed by atoms with Crippen LogP contribution in [0.5, 0.6) is 0 Å². The molecule has 1 saturated heterocycles. The fraction of sp³-hybridized carbons (Fsp3) is 0.633. The van der Waals surface area contributed by atoms with Crippen LogP contribution >= 0.6 is 0 Å². The molecule has 0 radical (unpaired) electrons. The Morgan fingerprint density at radius 1 is 1.12 bits per heavy atom. The highest BCUT2D eigenvalue weighted by molar-refractivity contribution is 5.91. The molecule has 0 aromatic heterocycles. The highest BCUT2D eigenvalue weighted by Crippen LogP contribution is 2.25.